The van der Waals surface area contributed by atoms with Gasteiger partial charge in [0.1, 0.15) is 11.5 Å². The van der Waals surface area contributed by atoms with Gasteiger partial charge < -0.3 is 9.47 Å². The van der Waals surface area contributed by atoms with Crippen LogP contribution in [0.15, 0.2) is 30.5 Å². The molecule has 0 unspecified atom stereocenters. The zero-order chi connectivity index (χ0) is 19.7. The molecule has 146 valence electrons. The van der Waals surface area contributed by atoms with Crippen LogP contribution in [0.1, 0.15) is 24.4 Å². The number of hydrogen-bond donors (Lipinski definition) is 1. The lowest BCUT2D eigenvalue weighted by atomic mass is 10.0. The highest BCUT2D eigenvalue weighted by atomic mass is 32.1. The Hall–Kier alpha value is -2.87. The Kier molecular flexibility index (Phi) is 5.04. The second-order valence-electron chi connectivity index (χ2n) is 6.57. The van der Waals surface area contributed by atoms with Gasteiger partial charge in [-0.25, -0.2) is 4.98 Å². The number of amides is 1. The number of benzene rings is 1. The van der Waals surface area contributed by atoms with E-state index in [0.717, 1.165) is 29.8 Å². The standard InChI is InChI=1S/C20H22N4O3S/c1-4-26-13-5-7-14(8-6-13)27-12(2)19(25)23-20-22-18-15-11-21-24(3)16(15)9-10-17(18)28-20/h5-8,11-12H,4,9-10H2,1-3H3,(H,22,23,25)/t12-/m1/s1. The molecule has 28 heavy (non-hydrogen) atoms. The van der Waals surface area contributed by atoms with Gasteiger partial charge in [-0.05, 0) is 51.0 Å². The number of aryl methyl sites for hydroxylation is 2. The molecule has 0 saturated heterocycles. The van der Waals surface area contributed by atoms with E-state index in [4.69, 9.17) is 9.47 Å². The van der Waals surface area contributed by atoms with Crippen molar-refractivity contribution in [2.24, 2.45) is 7.05 Å². The summed E-state index contributed by atoms with van der Waals surface area (Å²) in [6, 6.07) is 7.23. The number of rotatable bonds is 6. The van der Waals surface area contributed by atoms with Crippen LogP contribution in [0, 0.1) is 0 Å². The molecule has 0 spiro atoms. The molecule has 3 aromatic rings. The molecule has 2 aromatic heterocycles. The van der Waals surface area contributed by atoms with Gasteiger partial charge in [-0.2, -0.15) is 5.10 Å². The maximum Gasteiger partial charge on any atom is 0.266 e. The van der Waals surface area contributed by atoms with E-state index in [0.29, 0.717) is 17.5 Å². The molecule has 4 rings (SSSR count). The van der Waals surface area contributed by atoms with Crippen LogP contribution < -0.4 is 14.8 Å². The topological polar surface area (TPSA) is 78.3 Å². The van der Waals surface area contributed by atoms with E-state index in [2.05, 4.69) is 15.4 Å². The Morgan fingerprint density at radius 3 is 2.79 bits per heavy atom. The van der Waals surface area contributed by atoms with Gasteiger partial charge >= 0.3 is 0 Å². The lowest BCUT2D eigenvalue weighted by molar-refractivity contribution is -0.122. The molecule has 0 aliphatic heterocycles. The van der Waals surface area contributed by atoms with E-state index in [1.165, 1.54) is 21.9 Å². The summed E-state index contributed by atoms with van der Waals surface area (Å²) in [7, 11) is 1.94. The minimum absolute atomic E-state index is 0.230. The first-order valence-corrected chi connectivity index (χ1v) is 10.1. The number of anilines is 1. The van der Waals surface area contributed by atoms with Gasteiger partial charge in [0.05, 0.1) is 18.5 Å². The number of carbonyl (C=O) groups excluding carboxylic acids is 1. The van der Waals surface area contributed by atoms with Crippen LogP contribution in [0.4, 0.5) is 5.13 Å². The van der Waals surface area contributed by atoms with Crippen molar-refractivity contribution in [2.75, 3.05) is 11.9 Å². The van der Waals surface area contributed by atoms with Gasteiger partial charge in [-0.1, -0.05) is 0 Å². The molecule has 1 amide bonds. The molecule has 2 heterocycles. The third-order valence-corrected chi connectivity index (χ3v) is 5.68. The summed E-state index contributed by atoms with van der Waals surface area (Å²) in [6.07, 6.45) is 3.04. The number of hydrogen-bond acceptors (Lipinski definition) is 6. The highest BCUT2D eigenvalue weighted by molar-refractivity contribution is 7.16. The summed E-state index contributed by atoms with van der Waals surface area (Å²) in [4.78, 5) is 18.3. The van der Waals surface area contributed by atoms with Crippen molar-refractivity contribution in [2.45, 2.75) is 32.8 Å². The quantitative estimate of drug-likeness (QED) is 0.688. The van der Waals surface area contributed by atoms with Crippen LogP contribution >= 0.6 is 11.3 Å². The fourth-order valence-corrected chi connectivity index (χ4v) is 4.20. The number of fused-ring (bicyclic) bond motifs is 3. The minimum Gasteiger partial charge on any atom is -0.494 e. The molecule has 1 aliphatic carbocycles. The van der Waals surface area contributed by atoms with Gasteiger partial charge in [0.2, 0.25) is 0 Å². The monoisotopic (exact) mass is 398 g/mol. The van der Waals surface area contributed by atoms with Crippen molar-refractivity contribution in [3.05, 3.63) is 41.0 Å². The summed E-state index contributed by atoms with van der Waals surface area (Å²) >= 11 is 1.52. The maximum absolute atomic E-state index is 12.5. The van der Waals surface area contributed by atoms with E-state index in [1.54, 1.807) is 19.1 Å². The van der Waals surface area contributed by atoms with Gasteiger partial charge in [-0.15, -0.1) is 11.3 Å². The van der Waals surface area contributed by atoms with Crippen molar-refractivity contribution in [1.82, 2.24) is 14.8 Å². The second kappa shape index (κ2) is 7.63. The van der Waals surface area contributed by atoms with Crippen LogP contribution in [0.5, 0.6) is 11.5 Å². The van der Waals surface area contributed by atoms with Crippen LogP contribution in [-0.2, 0) is 24.7 Å². The fraction of sp³-hybridized carbons (Fsp3) is 0.350. The SMILES string of the molecule is CCOc1ccc(O[C@H](C)C(=O)Nc2nc3c(s2)CCc2c-3cnn2C)cc1. The highest BCUT2D eigenvalue weighted by Crippen LogP contribution is 2.37. The van der Waals surface area contributed by atoms with Crippen molar-refractivity contribution in [3.63, 3.8) is 0 Å². The van der Waals surface area contributed by atoms with E-state index in [9.17, 15) is 4.79 Å². The lowest BCUT2D eigenvalue weighted by Crippen LogP contribution is -2.30. The van der Waals surface area contributed by atoms with E-state index in [1.807, 2.05) is 37.0 Å². The number of aromatic nitrogens is 3. The Balaban J connectivity index is 1.42. The highest BCUT2D eigenvalue weighted by Gasteiger charge is 2.25. The first kappa shape index (κ1) is 18.5. The van der Waals surface area contributed by atoms with Crippen LogP contribution in [0.3, 0.4) is 0 Å². The second-order valence-corrected chi connectivity index (χ2v) is 7.66. The fourth-order valence-electron chi connectivity index (χ4n) is 3.22. The summed E-state index contributed by atoms with van der Waals surface area (Å²) in [5, 5.41) is 7.80. The van der Waals surface area contributed by atoms with Crippen molar-refractivity contribution in [1.29, 1.82) is 0 Å². The number of nitrogens with one attached hydrogen (secondary N) is 1. The zero-order valence-electron chi connectivity index (χ0n) is 16.1. The summed E-state index contributed by atoms with van der Waals surface area (Å²) < 4.78 is 13.0. The van der Waals surface area contributed by atoms with Crippen LogP contribution in [0.2, 0.25) is 0 Å². The molecule has 0 bridgehead atoms. The third-order valence-electron chi connectivity index (χ3n) is 4.65. The van der Waals surface area contributed by atoms with Crippen LogP contribution in [0.25, 0.3) is 11.3 Å². The van der Waals surface area contributed by atoms with Crippen molar-refractivity contribution < 1.29 is 14.3 Å². The molecular formula is C20H22N4O3S. The molecule has 1 aliphatic rings. The zero-order valence-corrected chi connectivity index (χ0v) is 16.9. The first-order valence-electron chi connectivity index (χ1n) is 9.26. The van der Waals surface area contributed by atoms with E-state index in [-0.39, 0.29) is 5.91 Å². The largest absolute Gasteiger partial charge is 0.494 e. The van der Waals surface area contributed by atoms with Gasteiger partial charge in [0, 0.05) is 23.2 Å². The molecule has 1 N–H and O–H groups in total. The minimum atomic E-state index is -0.646. The number of ether oxygens (including phenoxy) is 2. The Labute approximate surface area is 167 Å². The molecule has 8 heteroatoms. The first-order chi connectivity index (χ1) is 13.5. The number of thiazole rings is 1. The lowest BCUT2D eigenvalue weighted by Gasteiger charge is -2.14. The molecule has 0 saturated carbocycles. The predicted octanol–water partition coefficient (Wildman–Crippen LogP) is 3.45. The predicted molar refractivity (Wildman–Crippen MR) is 108 cm³/mol. The molecular weight excluding hydrogens is 376 g/mol. The van der Waals surface area contributed by atoms with Gasteiger partial charge in [-0.3, -0.25) is 14.8 Å². The molecule has 7 nitrogen and oxygen atoms in total. The third kappa shape index (κ3) is 3.60. The Morgan fingerprint density at radius 1 is 1.29 bits per heavy atom. The van der Waals surface area contributed by atoms with Gasteiger partial charge in [0.15, 0.2) is 11.2 Å². The molecule has 1 aromatic carbocycles. The summed E-state index contributed by atoms with van der Waals surface area (Å²) in [6.45, 7) is 4.26. The normalized spacial score (nSPS) is 13.4. The number of nitrogens with zero attached hydrogens (tertiary/aromatic N) is 3. The molecule has 0 fully saturated rings. The Bertz CT molecular complexity index is 994. The maximum atomic E-state index is 12.5. The summed E-state index contributed by atoms with van der Waals surface area (Å²) in [5.74, 6) is 1.16. The average Bonchev–Trinajstić information content (AvgIpc) is 3.26. The average molecular weight is 398 g/mol. The van der Waals surface area contributed by atoms with Gasteiger partial charge in [0.25, 0.3) is 5.91 Å². The molecule has 0 radical (unpaired) electrons. The number of carbonyl (C=O) groups is 1. The van der Waals surface area contributed by atoms with Crippen LogP contribution in [-0.4, -0.2) is 33.4 Å². The van der Waals surface area contributed by atoms with Crippen molar-refractivity contribution in [3.8, 4) is 22.8 Å². The van der Waals surface area contributed by atoms with E-state index >= 15 is 0 Å². The Morgan fingerprint density at radius 2 is 2.04 bits per heavy atom. The summed E-state index contributed by atoms with van der Waals surface area (Å²) in [5.41, 5.74) is 3.16. The smallest absolute Gasteiger partial charge is 0.266 e. The van der Waals surface area contributed by atoms with Crippen molar-refractivity contribution >= 4 is 22.4 Å². The molecule has 1 atom stereocenters. The van der Waals surface area contributed by atoms with E-state index < -0.39 is 6.10 Å².